The molecule has 0 aliphatic heterocycles. The van der Waals surface area contributed by atoms with Gasteiger partial charge in [-0.3, -0.25) is 0 Å². The van der Waals surface area contributed by atoms with E-state index in [1.54, 1.807) is 0 Å². The summed E-state index contributed by atoms with van der Waals surface area (Å²) in [6.07, 6.45) is 3.31. The Hall–Kier alpha value is -1.70. The van der Waals surface area contributed by atoms with Crippen molar-refractivity contribution in [2.24, 2.45) is 11.3 Å². The van der Waals surface area contributed by atoms with Gasteiger partial charge in [0.15, 0.2) is 0 Å². The third-order valence-corrected chi connectivity index (χ3v) is 5.22. The van der Waals surface area contributed by atoms with E-state index in [-0.39, 0.29) is 11.5 Å². The van der Waals surface area contributed by atoms with Gasteiger partial charge >= 0.3 is 0 Å². The lowest BCUT2D eigenvalue weighted by molar-refractivity contribution is 0.268. The minimum atomic E-state index is 0.210. The summed E-state index contributed by atoms with van der Waals surface area (Å²) in [5, 5.41) is 7.21. The zero-order valence-corrected chi connectivity index (χ0v) is 16.1. The fourth-order valence-corrected chi connectivity index (χ4v) is 3.84. The van der Waals surface area contributed by atoms with E-state index >= 15 is 0 Å². The molecule has 2 rings (SSSR count). The van der Waals surface area contributed by atoms with Gasteiger partial charge in [-0.15, -0.1) is 0 Å². The highest BCUT2D eigenvalue weighted by Gasteiger charge is 2.30. The number of nitrogens with one attached hydrogen (secondary N) is 2. The number of hydrogen-bond donors (Lipinski definition) is 2. The summed E-state index contributed by atoms with van der Waals surface area (Å²) in [7, 11) is 0. The van der Waals surface area contributed by atoms with Gasteiger partial charge < -0.3 is 10.6 Å². The largest absolute Gasteiger partial charge is 0.369 e. The first-order valence-corrected chi connectivity index (χ1v) is 9.16. The Morgan fingerprint density at radius 1 is 1.12 bits per heavy atom. The molecule has 1 aromatic carbocycles. The Kier molecular flexibility index (Phi) is 5.79. The Morgan fingerprint density at radius 3 is 2.08 bits per heavy atom. The van der Waals surface area contributed by atoms with E-state index in [0.717, 1.165) is 25.1 Å². The van der Waals surface area contributed by atoms with Gasteiger partial charge in [0.2, 0.25) is 0 Å². The zero-order valence-electron chi connectivity index (χ0n) is 16.1. The van der Waals surface area contributed by atoms with Crippen LogP contribution >= 0.6 is 0 Å². The molecule has 2 atom stereocenters. The molecule has 2 nitrogen and oxygen atoms in total. The van der Waals surface area contributed by atoms with Gasteiger partial charge in [-0.05, 0) is 48.6 Å². The van der Waals surface area contributed by atoms with Gasteiger partial charge in [0, 0.05) is 6.04 Å². The number of hydrogen-bond acceptors (Lipinski definition) is 2. The van der Waals surface area contributed by atoms with Crippen LogP contribution < -0.4 is 10.6 Å². The summed E-state index contributed by atoms with van der Waals surface area (Å²) in [5.41, 5.74) is 4.35. The third kappa shape index (κ3) is 4.43. The highest BCUT2D eigenvalue weighted by atomic mass is 15.1. The highest BCUT2D eigenvalue weighted by molar-refractivity contribution is 5.34. The maximum absolute atomic E-state index is 4.24. The van der Waals surface area contributed by atoms with Crippen molar-refractivity contribution in [2.75, 3.05) is 0 Å². The van der Waals surface area contributed by atoms with E-state index in [1.807, 2.05) is 0 Å². The van der Waals surface area contributed by atoms with Gasteiger partial charge in [0.25, 0.3) is 0 Å². The van der Waals surface area contributed by atoms with Crippen molar-refractivity contribution < 1.29 is 0 Å². The lowest BCUT2D eigenvalue weighted by Gasteiger charge is -2.34. The molecule has 1 aliphatic carbocycles. The van der Waals surface area contributed by atoms with Crippen molar-refractivity contribution in [2.45, 2.75) is 66.0 Å². The zero-order chi connectivity index (χ0) is 17.9. The quantitative estimate of drug-likeness (QED) is 0.702. The van der Waals surface area contributed by atoms with Crippen molar-refractivity contribution in [3.63, 3.8) is 0 Å². The molecule has 0 bridgehead atoms. The third-order valence-electron chi connectivity index (χ3n) is 5.22. The molecule has 2 unspecified atom stereocenters. The predicted molar refractivity (Wildman–Crippen MR) is 105 cm³/mol. The summed E-state index contributed by atoms with van der Waals surface area (Å²) >= 11 is 0. The number of fused-ring (bicyclic) bond motifs is 1. The monoisotopic (exact) mass is 326 g/mol. The molecule has 2 heteroatoms. The van der Waals surface area contributed by atoms with Crippen LogP contribution in [-0.2, 0) is 12.8 Å². The lowest BCUT2D eigenvalue weighted by atomic mass is 9.85. The molecule has 24 heavy (non-hydrogen) atoms. The van der Waals surface area contributed by atoms with Gasteiger partial charge in [-0.25, -0.2) is 0 Å². The summed E-state index contributed by atoms with van der Waals surface area (Å²) < 4.78 is 0. The van der Waals surface area contributed by atoms with Crippen LogP contribution in [0.4, 0.5) is 0 Å². The minimum Gasteiger partial charge on any atom is -0.369 e. The van der Waals surface area contributed by atoms with Crippen LogP contribution in [0.25, 0.3) is 0 Å². The Labute approximate surface area is 148 Å². The molecular weight excluding hydrogens is 292 g/mol. The Balaban J connectivity index is 2.02. The SMILES string of the molecule is C=C(NC(C(=C)C)C1Cc2ccccc2C1)NC(CC)C(C)(C)C. The first-order valence-electron chi connectivity index (χ1n) is 9.16. The molecule has 0 spiro atoms. The summed E-state index contributed by atoms with van der Waals surface area (Å²) in [6.45, 7) is 19.6. The molecule has 0 heterocycles. The van der Waals surface area contributed by atoms with Crippen LogP contribution in [0.2, 0.25) is 0 Å². The van der Waals surface area contributed by atoms with Crippen LogP contribution in [-0.4, -0.2) is 12.1 Å². The van der Waals surface area contributed by atoms with E-state index in [1.165, 1.54) is 16.7 Å². The van der Waals surface area contributed by atoms with Crippen LogP contribution in [0.3, 0.4) is 0 Å². The molecular formula is C22H34N2. The van der Waals surface area contributed by atoms with Gasteiger partial charge in [-0.2, -0.15) is 0 Å². The Morgan fingerprint density at radius 2 is 1.67 bits per heavy atom. The fourth-order valence-electron chi connectivity index (χ4n) is 3.84. The van der Waals surface area contributed by atoms with E-state index in [0.29, 0.717) is 12.0 Å². The molecule has 0 fully saturated rings. The lowest BCUT2D eigenvalue weighted by Crippen LogP contribution is -2.46. The van der Waals surface area contributed by atoms with Crippen molar-refractivity contribution in [1.82, 2.24) is 10.6 Å². The normalized spacial score (nSPS) is 17.0. The molecule has 0 radical (unpaired) electrons. The average molecular weight is 327 g/mol. The topological polar surface area (TPSA) is 24.1 Å². The summed E-state index contributed by atoms with van der Waals surface area (Å²) in [6, 6.07) is 9.45. The van der Waals surface area contributed by atoms with Gasteiger partial charge in [-0.1, -0.05) is 70.7 Å². The number of rotatable bonds is 7. The molecule has 0 amide bonds. The predicted octanol–water partition coefficient (Wildman–Crippen LogP) is 4.82. The van der Waals surface area contributed by atoms with Crippen molar-refractivity contribution >= 4 is 0 Å². The smallest absolute Gasteiger partial charge is 0.0919 e. The van der Waals surface area contributed by atoms with Crippen molar-refractivity contribution in [1.29, 1.82) is 0 Å². The summed E-state index contributed by atoms with van der Waals surface area (Å²) in [4.78, 5) is 0. The van der Waals surface area contributed by atoms with Gasteiger partial charge in [0.1, 0.15) is 0 Å². The van der Waals surface area contributed by atoms with Crippen molar-refractivity contribution in [3.8, 4) is 0 Å². The second-order valence-corrected chi connectivity index (χ2v) is 8.36. The van der Waals surface area contributed by atoms with Crippen LogP contribution in [0.5, 0.6) is 0 Å². The average Bonchev–Trinajstić information content (AvgIpc) is 2.92. The molecule has 132 valence electrons. The first-order chi connectivity index (χ1) is 11.2. The van der Waals surface area contributed by atoms with Crippen LogP contribution in [0.15, 0.2) is 48.8 Å². The van der Waals surface area contributed by atoms with E-state index in [4.69, 9.17) is 0 Å². The van der Waals surface area contributed by atoms with Crippen molar-refractivity contribution in [3.05, 3.63) is 59.9 Å². The van der Waals surface area contributed by atoms with Crippen LogP contribution in [0.1, 0.15) is 52.2 Å². The Bertz CT molecular complexity index is 569. The second kappa shape index (κ2) is 7.46. The highest BCUT2D eigenvalue weighted by Crippen LogP contribution is 2.31. The first kappa shape index (κ1) is 18.6. The van der Waals surface area contributed by atoms with E-state index < -0.39 is 0 Å². The minimum absolute atomic E-state index is 0.210. The second-order valence-electron chi connectivity index (χ2n) is 8.36. The molecule has 0 saturated carbocycles. The molecule has 2 N–H and O–H groups in total. The molecule has 1 aliphatic rings. The molecule has 1 aromatic rings. The molecule has 0 aromatic heterocycles. The molecule has 0 saturated heterocycles. The maximum atomic E-state index is 4.24. The fraction of sp³-hybridized carbons (Fsp3) is 0.545. The number of benzene rings is 1. The standard InChI is InChI=1S/C22H34N2/c1-8-20(22(5,6)7)23-16(4)24-21(15(2)3)19-13-17-11-9-10-12-18(17)14-19/h9-12,19-21,23-24H,2,4,8,13-14H2,1,3,5-7H3. The summed E-state index contributed by atoms with van der Waals surface area (Å²) in [5.74, 6) is 1.47. The van der Waals surface area contributed by atoms with E-state index in [2.05, 4.69) is 82.7 Å². The van der Waals surface area contributed by atoms with E-state index in [9.17, 15) is 0 Å². The van der Waals surface area contributed by atoms with Gasteiger partial charge in [0.05, 0.1) is 11.9 Å². The van der Waals surface area contributed by atoms with Crippen LogP contribution in [0, 0.1) is 11.3 Å². The maximum Gasteiger partial charge on any atom is 0.0919 e.